The number of methoxy groups -OCH3 is 2. The molecule has 29 heavy (non-hydrogen) atoms. The van der Waals surface area contributed by atoms with Crippen molar-refractivity contribution >= 4 is 17.7 Å². The molecule has 0 bridgehead atoms. The van der Waals surface area contributed by atoms with Gasteiger partial charge in [-0.15, -0.1) is 0 Å². The Kier molecular flexibility index (Phi) is 14.1. The molecule has 0 radical (unpaired) electrons. The number of pyridine rings is 1. The smallest absolute Gasteiger partial charge is 0.379 e. The van der Waals surface area contributed by atoms with E-state index in [1.165, 1.54) is 45.3 Å². The molecule has 1 amide bonds. The fourth-order valence-corrected chi connectivity index (χ4v) is 2.77. The van der Waals surface area contributed by atoms with Crippen LogP contribution in [0.5, 0.6) is 11.8 Å². The lowest BCUT2D eigenvalue weighted by Crippen LogP contribution is -2.10. The van der Waals surface area contributed by atoms with Crippen LogP contribution < -0.4 is 14.8 Å². The summed E-state index contributed by atoms with van der Waals surface area (Å²) < 4.78 is 39.6. The minimum atomic E-state index is -3.67. The first-order valence-electron chi connectivity index (χ1n) is 9.58. The van der Waals surface area contributed by atoms with Crippen molar-refractivity contribution in [2.75, 3.05) is 19.5 Å². The van der Waals surface area contributed by atoms with E-state index in [0.717, 1.165) is 5.56 Å². The molecule has 1 aromatic rings. The Balaban J connectivity index is 0.00000116. The molecular weight excluding hydrogens is 385 g/mol. The first-order valence-corrected chi connectivity index (χ1v) is 9.58. The summed E-state index contributed by atoms with van der Waals surface area (Å²) in [4.78, 5) is 15.9. The summed E-state index contributed by atoms with van der Waals surface area (Å²) in [5.74, 6) is 1.08. The van der Waals surface area contributed by atoms with E-state index in [2.05, 4.69) is 23.0 Å². The fourth-order valence-electron chi connectivity index (χ4n) is 2.77. The number of hydrogen-bond acceptors (Lipinski definition) is 4. The topological polar surface area (TPSA) is 60.5 Å². The van der Waals surface area contributed by atoms with Crippen LogP contribution in [0.3, 0.4) is 0 Å². The molecule has 1 aliphatic rings. The second-order valence-corrected chi connectivity index (χ2v) is 5.84. The molecule has 0 aromatic carbocycles. The Bertz CT molecular complexity index is 644. The third kappa shape index (κ3) is 10.6. The van der Waals surface area contributed by atoms with Crippen molar-refractivity contribution in [1.82, 2.24) is 4.98 Å². The maximum Gasteiger partial charge on any atom is 0.379 e. The number of carbonyl (C=O) groups excluding carboxylic acids is 1. The highest BCUT2D eigenvalue weighted by molar-refractivity contribution is 6.00. The van der Waals surface area contributed by atoms with E-state index in [0.29, 0.717) is 23.4 Å². The number of nitrogens with one attached hydrogen (secondary N) is 1. The molecule has 1 fully saturated rings. The minimum Gasteiger partial charge on any atom is -0.480 e. The zero-order valence-corrected chi connectivity index (χ0v) is 17.5. The van der Waals surface area contributed by atoms with Gasteiger partial charge in [0, 0.05) is 5.56 Å². The zero-order chi connectivity index (χ0) is 22.2. The molecule has 0 spiro atoms. The number of nitrogens with zero attached hydrogens (tertiary/aromatic N) is 1. The molecule has 1 saturated carbocycles. The van der Waals surface area contributed by atoms with Crippen LogP contribution in [0.4, 0.5) is 18.9 Å². The Labute approximate surface area is 171 Å². The lowest BCUT2D eigenvalue weighted by molar-refractivity contribution is -0.111. The van der Waals surface area contributed by atoms with Crippen LogP contribution in [0.25, 0.3) is 6.08 Å². The lowest BCUT2D eigenvalue weighted by Gasteiger charge is -2.18. The van der Waals surface area contributed by atoms with Gasteiger partial charge in [-0.25, -0.2) is 0 Å². The van der Waals surface area contributed by atoms with Crippen molar-refractivity contribution in [3.63, 3.8) is 0 Å². The summed E-state index contributed by atoms with van der Waals surface area (Å²) in [5.41, 5.74) is 1.32. The van der Waals surface area contributed by atoms with E-state index in [1.54, 1.807) is 7.11 Å². The van der Waals surface area contributed by atoms with E-state index >= 15 is 0 Å². The van der Waals surface area contributed by atoms with Gasteiger partial charge in [-0.2, -0.15) is 18.2 Å². The number of anilines is 1. The SMILES string of the molecule is C=CC(=O)Nc1cc(/C=C/C2CCCCC2)c(OC)nc1OC.CC.FC(F)F. The number of ether oxygens (including phenoxy) is 2. The molecular formula is C21H31F3N2O3. The third-order valence-electron chi connectivity index (χ3n) is 4.01. The molecule has 5 nitrogen and oxygen atoms in total. The van der Waals surface area contributed by atoms with Crippen molar-refractivity contribution in [2.45, 2.75) is 52.6 Å². The van der Waals surface area contributed by atoms with Crippen LogP contribution in [0.1, 0.15) is 51.5 Å². The van der Waals surface area contributed by atoms with Gasteiger partial charge in [-0.05, 0) is 30.9 Å². The van der Waals surface area contributed by atoms with Crippen molar-refractivity contribution < 1.29 is 27.4 Å². The monoisotopic (exact) mass is 416 g/mol. The summed E-state index contributed by atoms with van der Waals surface area (Å²) in [6.07, 6.45) is 11.8. The largest absolute Gasteiger partial charge is 0.480 e. The highest BCUT2D eigenvalue weighted by Crippen LogP contribution is 2.31. The van der Waals surface area contributed by atoms with Gasteiger partial charge in [0.15, 0.2) is 0 Å². The Hall–Kier alpha value is -2.51. The highest BCUT2D eigenvalue weighted by atomic mass is 19.4. The molecule has 2 rings (SSSR count). The number of allylic oxidation sites excluding steroid dienone is 1. The first kappa shape index (κ1) is 26.5. The van der Waals surface area contributed by atoms with Crippen molar-refractivity contribution in [1.29, 1.82) is 0 Å². The van der Waals surface area contributed by atoms with Crippen molar-refractivity contribution in [3.05, 3.63) is 30.4 Å². The molecule has 1 aromatic heterocycles. The quantitative estimate of drug-likeness (QED) is 0.576. The van der Waals surface area contributed by atoms with Crippen LogP contribution in [-0.4, -0.2) is 31.8 Å². The Morgan fingerprint density at radius 1 is 1.17 bits per heavy atom. The molecule has 0 aliphatic heterocycles. The Morgan fingerprint density at radius 3 is 2.21 bits per heavy atom. The van der Waals surface area contributed by atoms with Crippen molar-refractivity contribution in [3.8, 4) is 11.8 Å². The molecule has 8 heteroatoms. The second kappa shape index (κ2) is 15.4. The number of halogens is 3. The zero-order valence-electron chi connectivity index (χ0n) is 17.5. The van der Waals surface area contributed by atoms with Gasteiger partial charge in [0.2, 0.25) is 17.7 Å². The lowest BCUT2D eigenvalue weighted by atomic mass is 9.89. The first-order chi connectivity index (χ1) is 13.9. The van der Waals surface area contributed by atoms with Crippen molar-refractivity contribution in [2.24, 2.45) is 5.92 Å². The molecule has 164 valence electrons. The average molecular weight is 416 g/mol. The Morgan fingerprint density at radius 2 is 1.72 bits per heavy atom. The van der Waals surface area contributed by atoms with Crippen LogP contribution in [0.15, 0.2) is 24.8 Å². The van der Waals surface area contributed by atoms with Gasteiger partial charge < -0.3 is 14.8 Å². The average Bonchev–Trinajstić information content (AvgIpc) is 2.73. The number of rotatable bonds is 6. The maximum absolute atomic E-state index is 11.6. The van der Waals surface area contributed by atoms with Gasteiger partial charge in [0.25, 0.3) is 0 Å². The normalized spacial score (nSPS) is 13.7. The van der Waals surface area contributed by atoms with E-state index in [9.17, 15) is 18.0 Å². The number of aromatic nitrogens is 1. The summed E-state index contributed by atoms with van der Waals surface area (Å²) in [7, 11) is 3.07. The standard InChI is InChI=1S/C18H24N2O3.C2H6.CHF3/c1-4-16(21)19-15-12-14(17(22-2)20-18(15)23-3)11-10-13-8-6-5-7-9-13;1-2;2-1(3)4/h4,10-13H,1,5-9H2,2-3H3,(H,19,21);1-2H3;1H/b11-10+;;. The van der Waals surface area contributed by atoms with Gasteiger partial charge in [-0.1, -0.05) is 51.8 Å². The highest BCUT2D eigenvalue weighted by Gasteiger charge is 2.14. The molecule has 0 saturated heterocycles. The minimum absolute atomic E-state index is 0.308. The number of amides is 1. The van der Waals surface area contributed by atoms with E-state index in [4.69, 9.17) is 9.47 Å². The van der Waals surface area contributed by atoms with E-state index in [1.807, 2.05) is 26.0 Å². The van der Waals surface area contributed by atoms with Gasteiger partial charge in [0.05, 0.1) is 14.2 Å². The van der Waals surface area contributed by atoms with Crippen LogP contribution in [-0.2, 0) is 4.79 Å². The molecule has 0 unspecified atom stereocenters. The van der Waals surface area contributed by atoms with Crippen LogP contribution >= 0.6 is 0 Å². The van der Waals surface area contributed by atoms with E-state index < -0.39 is 6.68 Å². The van der Waals surface area contributed by atoms with Crippen LogP contribution in [0.2, 0.25) is 0 Å². The predicted molar refractivity (Wildman–Crippen MR) is 110 cm³/mol. The molecule has 0 atom stereocenters. The summed E-state index contributed by atoms with van der Waals surface area (Å²) in [5, 5.41) is 2.71. The number of alkyl halides is 3. The molecule has 1 heterocycles. The summed E-state index contributed by atoms with van der Waals surface area (Å²) in [6.45, 7) is 3.79. The number of carbonyl (C=O) groups is 1. The van der Waals surface area contributed by atoms with Gasteiger partial charge in [0.1, 0.15) is 5.69 Å². The number of hydrogen-bond donors (Lipinski definition) is 1. The van der Waals surface area contributed by atoms with Gasteiger partial charge >= 0.3 is 6.68 Å². The predicted octanol–water partition coefficient (Wildman–Crippen LogP) is 6.02. The van der Waals surface area contributed by atoms with Gasteiger partial charge in [-0.3, -0.25) is 4.79 Å². The van der Waals surface area contributed by atoms with Crippen LogP contribution in [0, 0.1) is 5.92 Å². The summed E-state index contributed by atoms with van der Waals surface area (Å²) >= 11 is 0. The maximum atomic E-state index is 11.6. The molecule has 1 N–H and O–H groups in total. The summed E-state index contributed by atoms with van der Waals surface area (Å²) in [6, 6.07) is 1.81. The van der Waals surface area contributed by atoms with E-state index in [-0.39, 0.29) is 5.91 Å². The third-order valence-corrected chi connectivity index (χ3v) is 4.01. The second-order valence-electron chi connectivity index (χ2n) is 5.84. The molecule has 1 aliphatic carbocycles. The fraction of sp³-hybridized carbons (Fsp3) is 0.524.